The number of aryl methyl sites for hydroxylation is 1. The Morgan fingerprint density at radius 2 is 2.24 bits per heavy atom. The van der Waals surface area contributed by atoms with E-state index >= 15 is 0 Å². The molecule has 0 saturated heterocycles. The van der Waals surface area contributed by atoms with Crippen molar-refractivity contribution >= 4 is 17.6 Å². The van der Waals surface area contributed by atoms with Crippen LogP contribution < -0.4 is 16.8 Å². The summed E-state index contributed by atoms with van der Waals surface area (Å²) in [4.78, 5) is 21.0. The summed E-state index contributed by atoms with van der Waals surface area (Å²) in [6.07, 6.45) is 1.62. The van der Waals surface area contributed by atoms with Gasteiger partial charge < -0.3 is 21.9 Å². The van der Waals surface area contributed by atoms with E-state index in [1.165, 1.54) is 10.9 Å². The second kappa shape index (κ2) is 5.85. The summed E-state index contributed by atoms with van der Waals surface area (Å²) in [6, 6.07) is 0. The number of rotatable bonds is 7. The number of nitrogens with zero attached hydrogens (tertiary/aromatic N) is 2. The molecule has 1 heterocycles. The fourth-order valence-electron chi connectivity index (χ4n) is 1.32. The number of nitrogens with one attached hydrogen (secondary N) is 1. The third kappa shape index (κ3) is 4.11. The largest absolute Gasteiger partial charge is 0.480 e. The van der Waals surface area contributed by atoms with Crippen LogP contribution in [0.5, 0.6) is 0 Å². The summed E-state index contributed by atoms with van der Waals surface area (Å²) in [5.74, 6) is -1.38. The molecule has 1 amide bonds. The fourth-order valence-corrected chi connectivity index (χ4v) is 1.32. The van der Waals surface area contributed by atoms with Crippen LogP contribution in [-0.2, 0) is 22.7 Å². The first-order valence-corrected chi connectivity index (χ1v) is 5.01. The Hall–Kier alpha value is -2.09. The highest BCUT2D eigenvalue weighted by molar-refractivity contribution is 5.73. The second-order valence-corrected chi connectivity index (χ2v) is 3.48. The molecule has 1 aromatic heterocycles. The van der Waals surface area contributed by atoms with Crippen LogP contribution in [0.4, 0.5) is 5.69 Å². The van der Waals surface area contributed by atoms with Crippen molar-refractivity contribution in [3.8, 4) is 0 Å². The topological polar surface area (TPSA) is 136 Å². The fraction of sp³-hybridized carbons (Fsp3) is 0.444. The van der Waals surface area contributed by atoms with E-state index in [2.05, 4.69) is 10.4 Å². The number of amides is 1. The highest BCUT2D eigenvalue weighted by Gasteiger charge is 2.09. The number of aliphatic carboxylic acids is 1. The maximum absolute atomic E-state index is 10.7. The molecule has 94 valence electrons. The van der Waals surface area contributed by atoms with Crippen LogP contribution in [0.1, 0.15) is 12.1 Å². The Morgan fingerprint density at radius 3 is 2.82 bits per heavy atom. The first-order valence-electron chi connectivity index (χ1n) is 5.01. The molecular formula is C9H15N5O3. The number of carbonyl (C=O) groups is 2. The number of nitrogens with two attached hydrogens (primary N) is 2. The molecule has 0 atom stereocenters. The van der Waals surface area contributed by atoms with Crippen molar-refractivity contribution in [3.05, 3.63) is 11.9 Å². The smallest absolute Gasteiger partial charge is 0.317 e. The van der Waals surface area contributed by atoms with Gasteiger partial charge in [0.25, 0.3) is 0 Å². The number of nitrogen functional groups attached to an aromatic ring is 1. The zero-order valence-corrected chi connectivity index (χ0v) is 9.22. The predicted molar refractivity (Wildman–Crippen MR) is 59.8 cm³/mol. The SMILES string of the molecule is NC(=O)CCn1ncc(N)c1CNCC(=O)O. The van der Waals surface area contributed by atoms with Gasteiger partial charge in [0.05, 0.1) is 30.7 Å². The number of hydrogen-bond donors (Lipinski definition) is 4. The van der Waals surface area contributed by atoms with Gasteiger partial charge in [0.2, 0.25) is 5.91 Å². The zero-order chi connectivity index (χ0) is 12.8. The third-order valence-corrected chi connectivity index (χ3v) is 2.12. The predicted octanol–water partition coefficient (Wildman–Crippen LogP) is -1.49. The molecule has 6 N–H and O–H groups in total. The van der Waals surface area contributed by atoms with Crippen molar-refractivity contribution in [2.24, 2.45) is 5.73 Å². The van der Waals surface area contributed by atoms with E-state index in [1.54, 1.807) is 0 Å². The Labute approximate surface area is 97.6 Å². The van der Waals surface area contributed by atoms with Gasteiger partial charge in [0.1, 0.15) is 0 Å². The first-order chi connectivity index (χ1) is 8.00. The van der Waals surface area contributed by atoms with Crippen LogP contribution in [0.25, 0.3) is 0 Å². The highest BCUT2D eigenvalue weighted by Crippen LogP contribution is 2.10. The van der Waals surface area contributed by atoms with Gasteiger partial charge >= 0.3 is 5.97 Å². The van der Waals surface area contributed by atoms with Gasteiger partial charge in [-0.05, 0) is 0 Å². The lowest BCUT2D eigenvalue weighted by Gasteiger charge is -2.07. The van der Waals surface area contributed by atoms with Gasteiger partial charge in [-0.15, -0.1) is 0 Å². The van der Waals surface area contributed by atoms with Crippen molar-refractivity contribution in [1.29, 1.82) is 0 Å². The molecule has 1 aromatic rings. The summed E-state index contributed by atoms with van der Waals surface area (Å²) in [6.45, 7) is 0.438. The molecule has 0 unspecified atom stereocenters. The number of aromatic nitrogens is 2. The number of carbonyl (C=O) groups excluding carboxylic acids is 1. The maximum atomic E-state index is 10.7. The minimum atomic E-state index is -0.952. The lowest BCUT2D eigenvalue weighted by molar-refractivity contribution is -0.136. The standard InChI is InChI=1S/C9H15N5O3/c10-6-3-13-14(2-1-8(11)15)7(6)4-12-5-9(16)17/h3,12H,1-2,4-5,10H2,(H2,11,15)(H,16,17). The van der Waals surface area contributed by atoms with Crippen molar-refractivity contribution in [2.45, 2.75) is 19.5 Å². The normalized spacial score (nSPS) is 10.4. The van der Waals surface area contributed by atoms with E-state index in [0.717, 1.165) is 0 Å². The van der Waals surface area contributed by atoms with E-state index in [1.807, 2.05) is 0 Å². The van der Waals surface area contributed by atoms with E-state index in [-0.39, 0.29) is 19.5 Å². The molecule has 0 spiro atoms. The number of hydrogen-bond acceptors (Lipinski definition) is 5. The molecule has 8 heteroatoms. The molecular weight excluding hydrogens is 226 g/mol. The summed E-state index contributed by atoms with van der Waals surface area (Å²) < 4.78 is 1.54. The van der Waals surface area contributed by atoms with Crippen LogP contribution in [0.15, 0.2) is 6.20 Å². The molecule has 0 aromatic carbocycles. The summed E-state index contributed by atoms with van der Waals surface area (Å²) in [5, 5.41) is 15.2. The Bertz CT molecular complexity index is 415. The number of carboxylic acid groups (broad SMARTS) is 1. The van der Waals surface area contributed by atoms with Crippen molar-refractivity contribution in [3.63, 3.8) is 0 Å². The first kappa shape index (κ1) is 13.0. The van der Waals surface area contributed by atoms with Crippen LogP contribution in [0, 0.1) is 0 Å². The van der Waals surface area contributed by atoms with E-state index in [9.17, 15) is 9.59 Å². The molecule has 0 bridgehead atoms. The summed E-state index contributed by atoms with van der Waals surface area (Å²) >= 11 is 0. The third-order valence-electron chi connectivity index (χ3n) is 2.12. The van der Waals surface area contributed by atoms with Gasteiger partial charge in [-0.2, -0.15) is 5.10 Å². The van der Waals surface area contributed by atoms with Gasteiger partial charge in [-0.3, -0.25) is 14.3 Å². The van der Waals surface area contributed by atoms with Crippen LogP contribution in [0.3, 0.4) is 0 Å². The van der Waals surface area contributed by atoms with Crippen molar-refractivity contribution < 1.29 is 14.7 Å². The number of carboxylic acids is 1. The molecule has 8 nitrogen and oxygen atoms in total. The molecule has 0 radical (unpaired) electrons. The minimum Gasteiger partial charge on any atom is -0.480 e. The molecule has 0 aliphatic carbocycles. The van der Waals surface area contributed by atoms with Crippen molar-refractivity contribution in [1.82, 2.24) is 15.1 Å². The maximum Gasteiger partial charge on any atom is 0.317 e. The lowest BCUT2D eigenvalue weighted by Crippen LogP contribution is -2.24. The lowest BCUT2D eigenvalue weighted by atomic mass is 10.3. The van der Waals surface area contributed by atoms with Gasteiger partial charge in [-0.25, -0.2) is 0 Å². The van der Waals surface area contributed by atoms with Crippen LogP contribution >= 0.6 is 0 Å². The molecule has 17 heavy (non-hydrogen) atoms. The van der Waals surface area contributed by atoms with Crippen LogP contribution in [0.2, 0.25) is 0 Å². The van der Waals surface area contributed by atoms with E-state index in [4.69, 9.17) is 16.6 Å². The highest BCUT2D eigenvalue weighted by atomic mass is 16.4. The van der Waals surface area contributed by atoms with E-state index in [0.29, 0.717) is 17.9 Å². The Morgan fingerprint density at radius 1 is 1.53 bits per heavy atom. The molecule has 0 aliphatic heterocycles. The second-order valence-electron chi connectivity index (χ2n) is 3.48. The van der Waals surface area contributed by atoms with Crippen molar-refractivity contribution in [2.75, 3.05) is 12.3 Å². The Balaban J connectivity index is 2.59. The summed E-state index contributed by atoms with van der Waals surface area (Å²) in [5.41, 5.74) is 11.8. The molecule has 0 aliphatic rings. The zero-order valence-electron chi connectivity index (χ0n) is 9.22. The average Bonchev–Trinajstić information content (AvgIpc) is 2.57. The quantitative estimate of drug-likeness (QED) is 0.459. The molecule has 0 fully saturated rings. The van der Waals surface area contributed by atoms with Gasteiger partial charge in [0, 0.05) is 13.0 Å². The molecule has 0 saturated carbocycles. The van der Waals surface area contributed by atoms with Gasteiger partial charge in [0.15, 0.2) is 0 Å². The summed E-state index contributed by atoms with van der Waals surface area (Å²) in [7, 11) is 0. The van der Waals surface area contributed by atoms with E-state index < -0.39 is 11.9 Å². The Kier molecular flexibility index (Phi) is 4.46. The molecule has 1 rings (SSSR count). The minimum absolute atomic E-state index is 0.160. The average molecular weight is 241 g/mol. The number of anilines is 1. The monoisotopic (exact) mass is 241 g/mol. The van der Waals surface area contributed by atoms with Gasteiger partial charge in [-0.1, -0.05) is 0 Å². The number of primary amides is 1. The van der Waals surface area contributed by atoms with Crippen LogP contribution in [-0.4, -0.2) is 33.3 Å².